The number of amides is 2. The van der Waals surface area contributed by atoms with Crippen molar-refractivity contribution in [3.8, 4) is 0 Å². The number of morpholine rings is 1. The summed E-state index contributed by atoms with van der Waals surface area (Å²) in [5.74, 6) is 0.228. The van der Waals surface area contributed by atoms with Crippen LogP contribution in [0.3, 0.4) is 0 Å². The van der Waals surface area contributed by atoms with Crippen molar-refractivity contribution < 1.29 is 14.3 Å². The van der Waals surface area contributed by atoms with E-state index in [4.69, 9.17) is 27.9 Å². The molecule has 2 fully saturated rings. The van der Waals surface area contributed by atoms with E-state index in [0.717, 1.165) is 25.9 Å². The molecule has 8 heteroatoms. The van der Waals surface area contributed by atoms with Gasteiger partial charge in [0, 0.05) is 37.0 Å². The highest BCUT2D eigenvalue weighted by Crippen LogP contribution is 2.26. The fourth-order valence-corrected chi connectivity index (χ4v) is 4.42. The summed E-state index contributed by atoms with van der Waals surface area (Å²) in [6.45, 7) is 7.70. The number of likely N-dealkylation sites (tertiary alicyclic amines) is 1. The van der Waals surface area contributed by atoms with Gasteiger partial charge in [0.05, 0.1) is 22.9 Å². The smallest absolute Gasteiger partial charge is 0.225 e. The van der Waals surface area contributed by atoms with Crippen molar-refractivity contribution in [2.75, 3.05) is 38.0 Å². The molecule has 2 aliphatic rings. The average molecular weight is 442 g/mol. The largest absolute Gasteiger partial charge is 0.372 e. The van der Waals surface area contributed by atoms with Crippen molar-refractivity contribution in [2.24, 2.45) is 5.92 Å². The number of benzene rings is 1. The van der Waals surface area contributed by atoms with Crippen molar-refractivity contribution >= 4 is 40.7 Å². The van der Waals surface area contributed by atoms with Gasteiger partial charge < -0.3 is 19.9 Å². The fourth-order valence-electron chi connectivity index (χ4n) is 4.09. The van der Waals surface area contributed by atoms with Crippen LogP contribution in [0.25, 0.3) is 0 Å². The third-order valence-corrected chi connectivity index (χ3v) is 6.09. The number of carbonyl (C=O) groups excluding carboxylic acids is 2. The molecular formula is C21H29Cl2N3O3. The molecule has 2 amide bonds. The van der Waals surface area contributed by atoms with Crippen molar-refractivity contribution in [1.29, 1.82) is 0 Å². The third-order valence-electron chi connectivity index (χ3n) is 5.53. The molecule has 0 aliphatic carbocycles. The highest BCUT2D eigenvalue weighted by molar-refractivity contribution is 6.35. The maximum Gasteiger partial charge on any atom is 0.225 e. The quantitative estimate of drug-likeness (QED) is 0.756. The van der Waals surface area contributed by atoms with Gasteiger partial charge in [-0.25, -0.2) is 0 Å². The van der Waals surface area contributed by atoms with Gasteiger partial charge in [-0.3, -0.25) is 9.59 Å². The minimum absolute atomic E-state index is 0.0721. The van der Waals surface area contributed by atoms with Crippen molar-refractivity contribution in [3.05, 3.63) is 28.2 Å². The van der Waals surface area contributed by atoms with E-state index in [2.05, 4.69) is 10.2 Å². The van der Waals surface area contributed by atoms with Gasteiger partial charge in [-0.15, -0.1) is 0 Å². The van der Waals surface area contributed by atoms with Gasteiger partial charge in [0.15, 0.2) is 0 Å². The van der Waals surface area contributed by atoms with E-state index in [9.17, 15) is 9.59 Å². The number of rotatable bonds is 5. The van der Waals surface area contributed by atoms with Crippen LogP contribution < -0.4 is 5.32 Å². The molecular weight excluding hydrogens is 413 g/mol. The van der Waals surface area contributed by atoms with E-state index >= 15 is 0 Å². The summed E-state index contributed by atoms with van der Waals surface area (Å²) < 4.78 is 5.73. The first kappa shape index (κ1) is 22.3. The zero-order valence-electron chi connectivity index (χ0n) is 17.0. The molecule has 3 rings (SSSR count). The monoisotopic (exact) mass is 441 g/mol. The lowest BCUT2D eigenvalue weighted by molar-refractivity contribution is -0.149. The van der Waals surface area contributed by atoms with Gasteiger partial charge in [-0.05, 0) is 58.0 Å². The van der Waals surface area contributed by atoms with Gasteiger partial charge >= 0.3 is 0 Å². The molecule has 2 unspecified atom stereocenters. The lowest BCUT2D eigenvalue weighted by Crippen LogP contribution is -2.51. The molecule has 2 aliphatic heterocycles. The van der Waals surface area contributed by atoms with Crippen molar-refractivity contribution in [2.45, 2.75) is 45.3 Å². The summed E-state index contributed by atoms with van der Waals surface area (Å²) >= 11 is 12.0. The Balaban J connectivity index is 1.41. The van der Waals surface area contributed by atoms with Crippen LogP contribution in [0, 0.1) is 5.92 Å². The molecule has 2 atom stereocenters. The van der Waals surface area contributed by atoms with Gasteiger partial charge in [-0.2, -0.15) is 0 Å². The molecule has 0 radical (unpaired) electrons. The number of piperidine rings is 1. The Morgan fingerprint density at radius 3 is 2.45 bits per heavy atom. The Hall–Kier alpha value is -1.34. The predicted molar refractivity (Wildman–Crippen MR) is 115 cm³/mol. The van der Waals surface area contributed by atoms with E-state index in [1.807, 2.05) is 18.7 Å². The number of ether oxygens (including phenoxy) is 1. The van der Waals surface area contributed by atoms with Gasteiger partial charge in [0.2, 0.25) is 11.8 Å². The van der Waals surface area contributed by atoms with Crippen LogP contribution in [0.15, 0.2) is 18.2 Å². The molecule has 6 nitrogen and oxygen atoms in total. The van der Waals surface area contributed by atoms with Crippen LogP contribution in [0.4, 0.5) is 5.69 Å². The topological polar surface area (TPSA) is 61.9 Å². The molecule has 0 aromatic heterocycles. The molecule has 160 valence electrons. The first-order valence-corrected chi connectivity index (χ1v) is 11.0. The first-order valence-electron chi connectivity index (χ1n) is 10.2. The highest BCUT2D eigenvalue weighted by Gasteiger charge is 2.32. The number of nitrogens with one attached hydrogen (secondary N) is 1. The third kappa shape index (κ3) is 6.32. The van der Waals surface area contributed by atoms with Crippen molar-refractivity contribution in [3.63, 3.8) is 0 Å². The summed E-state index contributed by atoms with van der Waals surface area (Å²) in [6, 6.07) is 4.99. The van der Waals surface area contributed by atoms with Crippen molar-refractivity contribution in [1.82, 2.24) is 9.80 Å². The SMILES string of the molecule is CC1CN(C(=O)C2CCN(CCC(=O)Nc3cc(Cl)ccc3Cl)CC2)CC(C)O1. The average Bonchev–Trinajstić information content (AvgIpc) is 2.68. The van der Waals surface area contributed by atoms with E-state index < -0.39 is 0 Å². The Morgan fingerprint density at radius 1 is 1.14 bits per heavy atom. The lowest BCUT2D eigenvalue weighted by atomic mass is 9.94. The molecule has 0 spiro atoms. The van der Waals surface area contributed by atoms with E-state index in [0.29, 0.717) is 41.8 Å². The summed E-state index contributed by atoms with van der Waals surface area (Å²) in [5, 5.41) is 3.81. The minimum Gasteiger partial charge on any atom is -0.372 e. The molecule has 2 saturated heterocycles. The van der Waals surface area contributed by atoms with E-state index in [1.165, 1.54) is 0 Å². The Morgan fingerprint density at radius 2 is 1.79 bits per heavy atom. The number of hydrogen-bond donors (Lipinski definition) is 1. The van der Waals surface area contributed by atoms with E-state index in [-0.39, 0.29) is 29.9 Å². The first-order chi connectivity index (χ1) is 13.8. The molecule has 1 aromatic rings. The second-order valence-corrected chi connectivity index (χ2v) is 8.88. The molecule has 2 heterocycles. The van der Waals surface area contributed by atoms with Crippen LogP contribution in [0.1, 0.15) is 33.1 Å². The lowest BCUT2D eigenvalue weighted by Gasteiger charge is -2.39. The zero-order chi connectivity index (χ0) is 21.0. The fraction of sp³-hybridized carbons (Fsp3) is 0.619. The van der Waals surface area contributed by atoms with Crippen LogP contribution in [-0.2, 0) is 14.3 Å². The number of nitrogens with zero attached hydrogens (tertiary/aromatic N) is 2. The highest BCUT2D eigenvalue weighted by atomic mass is 35.5. The van der Waals surface area contributed by atoms with Gasteiger partial charge in [0.25, 0.3) is 0 Å². The number of anilines is 1. The number of halogens is 2. The Bertz CT molecular complexity index is 728. The van der Waals surface area contributed by atoms with Crippen LogP contribution in [0.5, 0.6) is 0 Å². The summed E-state index contributed by atoms with van der Waals surface area (Å²) in [6.07, 6.45) is 2.23. The minimum atomic E-state index is -0.0938. The Kier molecular flexibility index (Phi) is 7.79. The maximum atomic E-state index is 12.8. The van der Waals surface area contributed by atoms with Crippen LogP contribution >= 0.6 is 23.2 Å². The molecule has 29 heavy (non-hydrogen) atoms. The number of hydrogen-bond acceptors (Lipinski definition) is 4. The predicted octanol–water partition coefficient (Wildman–Crippen LogP) is 3.67. The molecule has 0 bridgehead atoms. The normalized spacial score (nSPS) is 23.8. The van der Waals surface area contributed by atoms with Gasteiger partial charge in [-0.1, -0.05) is 23.2 Å². The second-order valence-electron chi connectivity index (χ2n) is 8.04. The zero-order valence-corrected chi connectivity index (χ0v) is 18.5. The summed E-state index contributed by atoms with van der Waals surface area (Å²) in [7, 11) is 0. The van der Waals surface area contributed by atoms with Crippen LogP contribution in [-0.4, -0.2) is 66.5 Å². The van der Waals surface area contributed by atoms with E-state index in [1.54, 1.807) is 18.2 Å². The van der Waals surface area contributed by atoms with Gasteiger partial charge in [0.1, 0.15) is 0 Å². The second kappa shape index (κ2) is 10.1. The summed E-state index contributed by atoms with van der Waals surface area (Å²) in [5.41, 5.74) is 0.530. The molecule has 1 N–H and O–H groups in total. The molecule has 0 saturated carbocycles. The number of carbonyl (C=O) groups is 2. The maximum absolute atomic E-state index is 12.8. The van der Waals surface area contributed by atoms with Crippen LogP contribution in [0.2, 0.25) is 10.0 Å². The molecule has 1 aromatic carbocycles. The summed E-state index contributed by atoms with van der Waals surface area (Å²) in [4.78, 5) is 29.3. The standard InChI is InChI=1S/C21H29Cl2N3O3/c1-14-12-26(13-15(2)29-14)21(28)16-5-8-25(9-6-16)10-7-20(27)24-19-11-17(22)3-4-18(19)23/h3-4,11,14-16H,5-10,12-13H2,1-2H3,(H,24,27). The Labute approximate surface area is 182 Å².